The molecule has 3 rings (SSSR count). The minimum atomic E-state index is -0.113. The Hall–Kier alpha value is -1.60. The van der Waals surface area contributed by atoms with Gasteiger partial charge in [0.2, 0.25) is 11.0 Å². The number of nitrogens with zero attached hydrogens (tertiary/aromatic N) is 3. The molecule has 5 nitrogen and oxygen atoms in total. The van der Waals surface area contributed by atoms with E-state index in [1.54, 1.807) is 0 Å². The number of thioether (sulfide) groups is 1. The average Bonchev–Trinajstić information content (AvgIpc) is 3.08. The lowest BCUT2D eigenvalue weighted by atomic mass is 10.1. The quantitative estimate of drug-likeness (QED) is 0.795. The van der Waals surface area contributed by atoms with Crippen molar-refractivity contribution in [2.45, 2.75) is 42.3 Å². The minimum Gasteiger partial charge on any atom is -0.356 e. The Bertz CT molecular complexity index is 656. The van der Waals surface area contributed by atoms with Crippen molar-refractivity contribution in [1.29, 1.82) is 0 Å². The van der Waals surface area contributed by atoms with E-state index in [0.29, 0.717) is 0 Å². The first-order valence-corrected chi connectivity index (χ1v) is 9.99. The number of hydrogen-bond acceptors (Lipinski definition) is 6. The van der Waals surface area contributed by atoms with Gasteiger partial charge in [-0.15, -0.1) is 10.2 Å². The number of carbonyl (C=O) groups is 1. The van der Waals surface area contributed by atoms with E-state index < -0.39 is 0 Å². The number of piperidine rings is 1. The summed E-state index contributed by atoms with van der Waals surface area (Å²) in [6.45, 7) is 4.47. The molecule has 0 bridgehead atoms. The highest BCUT2D eigenvalue weighted by atomic mass is 32.2. The van der Waals surface area contributed by atoms with Crippen LogP contribution in [0.2, 0.25) is 0 Å². The van der Waals surface area contributed by atoms with Crippen molar-refractivity contribution in [3.63, 3.8) is 0 Å². The van der Waals surface area contributed by atoms with Gasteiger partial charge in [-0.2, -0.15) is 0 Å². The topological polar surface area (TPSA) is 58.1 Å². The van der Waals surface area contributed by atoms with Crippen molar-refractivity contribution < 1.29 is 4.79 Å². The summed E-state index contributed by atoms with van der Waals surface area (Å²) in [5.74, 6) is 0.216. The van der Waals surface area contributed by atoms with Crippen molar-refractivity contribution in [1.82, 2.24) is 15.1 Å². The van der Waals surface area contributed by atoms with Gasteiger partial charge in [-0.1, -0.05) is 53.4 Å². The maximum atomic E-state index is 12.5. The normalized spacial score (nSPS) is 16.0. The lowest BCUT2D eigenvalue weighted by Gasteiger charge is -2.28. The monoisotopic (exact) mass is 362 g/mol. The SMILES string of the molecule is C[C@H](Sc1nnc(NCc2ccccc2)s1)C(=O)N1CCCCC1. The molecule has 1 atom stereocenters. The number of likely N-dealkylation sites (tertiary alicyclic amines) is 1. The molecule has 1 aromatic heterocycles. The third kappa shape index (κ3) is 4.70. The van der Waals surface area contributed by atoms with Gasteiger partial charge in [0.15, 0.2) is 4.34 Å². The van der Waals surface area contributed by atoms with E-state index in [0.717, 1.165) is 41.9 Å². The fraction of sp³-hybridized carbons (Fsp3) is 0.471. The van der Waals surface area contributed by atoms with Gasteiger partial charge in [0.25, 0.3) is 0 Å². The van der Waals surface area contributed by atoms with Crippen LogP contribution in [0, 0.1) is 0 Å². The van der Waals surface area contributed by atoms with Gasteiger partial charge in [0.05, 0.1) is 5.25 Å². The summed E-state index contributed by atoms with van der Waals surface area (Å²) in [4.78, 5) is 14.4. The Morgan fingerprint density at radius 1 is 1.25 bits per heavy atom. The lowest BCUT2D eigenvalue weighted by molar-refractivity contribution is -0.131. The molecule has 2 aromatic rings. The number of amides is 1. The van der Waals surface area contributed by atoms with Crippen LogP contribution < -0.4 is 5.32 Å². The number of rotatable bonds is 6. The maximum absolute atomic E-state index is 12.5. The number of benzene rings is 1. The Labute approximate surface area is 150 Å². The number of nitrogens with one attached hydrogen (secondary N) is 1. The molecular weight excluding hydrogens is 340 g/mol. The van der Waals surface area contributed by atoms with Crippen LogP contribution in [0.1, 0.15) is 31.7 Å². The van der Waals surface area contributed by atoms with Gasteiger partial charge in [0, 0.05) is 19.6 Å². The average molecular weight is 363 g/mol. The zero-order valence-corrected chi connectivity index (χ0v) is 15.4. The molecule has 1 aliphatic rings. The van der Waals surface area contributed by atoms with Crippen molar-refractivity contribution >= 4 is 34.1 Å². The third-order valence-electron chi connectivity index (χ3n) is 3.99. The first-order chi connectivity index (χ1) is 11.7. The van der Waals surface area contributed by atoms with Crippen LogP contribution in [-0.4, -0.2) is 39.3 Å². The molecule has 1 aromatic carbocycles. The predicted molar refractivity (Wildman–Crippen MR) is 99.4 cm³/mol. The zero-order chi connectivity index (χ0) is 16.8. The van der Waals surface area contributed by atoms with E-state index in [4.69, 9.17) is 0 Å². The molecule has 7 heteroatoms. The first kappa shape index (κ1) is 17.2. The van der Waals surface area contributed by atoms with E-state index in [1.807, 2.05) is 30.0 Å². The second-order valence-corrected chi connectivity index (χ2v) is 8.42. The second-order valence-electron chi connectivity index (χ2n) is 5.86. The number of carbonyl (C=O) groups excluding carboxylic acids is 1. The fourth-order valence-corrected chi connectivity index (χ4v) is 4.65. The summed E-state index contributed by atoms with van der Waals surface area (Å²) in [6.07, 6.45) is 3.48. The minimum absolute atomic E-state index is 0.113. The second kappa shape index (κ2) is 8.48. The molecular formula is C17H22N4OS2. The van der Waals surface area contributed by atoms with Crippen molar-refractivity contribution in [3.8, 4) is 0 Å². The van der Waals surface area contributed by atoms with Crippen LogP contribution >= 0.6 is 23.1 Å². The number of hydrogen-bond donors (Lipinski definition) is 1. The third-order valence-corrected chi connectivity index (χ3v) is 6.04. The van der Waals surface area contributed by atoms with Crippen molar-refractivity contribution in [2.75, 3.05) is 18.4 Å². The Kier molecular flexibility index (Phi) is 6.09. The van der Waals surface area contributed by atoms with Crippen LogP contribution in [0.4, 0.5) is 5.13 Å². The summed E-state index contributed by atoms with van der Waals surface area (Å²) < 4.78 is 0.837. The molecule has 0 unspecified atom stereocenters. The highest BCUT2D eigenvalue weighted by Gasteiger charge is 2.24. The van der Waals surface area contributed by atoms with E-state index in [9.17, 15) is 4.79 Å². The standard InChI is InChI=1S/C17H22N4OS2/c1-13(15(22)21-10-6-3-7-11-21)23-17-20-19-16(24-17)18-12-14-8-4-2-5-9-14/h2,4-5,8-9,13H,3,6-7,10-12H2,1H3,(H,18,19)/t13-/m0/s1. The molecule has 128 valence electrons. The molecule has 1 saturated heterocycles. The fourth-order valence-electron chi connectivity index (χ4n) is 2.68. The van der Waals surface area contributed by atoms with E-state index >= 15 is 0 Å². The van der Waals surface area contributed by atoms with Crippen LogP contribution in [0.25, 0.3) is 0 Å². The lowest BCUT2D eigenvalue weighted by Crippen LogP contribution is -2.40. The van der Waals surface area contributed by atoms with Crippen molar-refractivity contribution in [2.24, 2.45) is 0 Å². The van der Waals surface area contributed by atoms with Crippen LogP contribution in [0.15, 0.2) is 34.7 Å². The predicted octanol–water partition coefficient (Wildman–Crippen LogP) is 3.64. The maximum Gasteiger partial charge on any atom is 0.235 e. The van der Waals surface area contributed by atoms with Gasteiger partial charge >= 0.3 is 0 Å². The number of aromatic nitrogens is 2. The summed E-state index contributed by atoms with van der Waals surface area (Å²) in [6, 6.07) is 10.2. The Morgan fingerprint density at radius 2 is 2.00 bits per heavy atom. The summed E-state index contributed by atoms with van der Waals surface area (Å²) >= 11 is 3.00. The highest BCUT2D eigenvalue weighted by molar-refractivity contribution is 8.02. The largest absolute Gasteiger partial charge is 0.356 e. The van der Waals surface area contributed by atoms with Crippen LogP contribution in [-0.2, 0) is 11.3 Å². The molecule has 0 saturated carbocycles. The molecule has 1 amide bonds. The van der Waals surface area contributed by atoms with Crippen molar-refractivity contribution in [3.05, 3.63) is 35.9 Å². The van der Waals surface area contributed by atoms with Gasteiger partial charge in [-0.25, -0.2) is 0 Å². The molecule has 1 N–H and O–H groups in total. The zero-order valence-electron chi connectivity index (χ0n) is 13.8. The Balaban J connectivity index is 1.50. The van der Waals surface area contributed by atoms with Gasteiger partial charge < -0.3 is 10.2 Å². The first-order valence-electron chi connectivity index (χ1n) is 8.29. The van der Waals surface area contributed by atoms with Gasteiger partial charge in [-0.05, 0) is 31.7 Å². The molecule has 1 fully saturated rings. The number of anilines is 1. The summed E-state index contributed by atoms with van der Waals surface area (Å²) in [5.41, 5.74) is 1.20. The molecule has 0 spiro atoms. The van der Waals surface area contributed by atoms with E-state index in [-0.39, 0.29) is 11.2 Å². The highest BCUT2D eigenvalue weighted by Crippen LogP contribution is 2.30. The van der Waals surface area contributed by atoms with Gasteiger partial charge in [0.1, 0.15) is 0 Å². The summed E-state index contributed by atoms with van der Waals surface area (Å²) in [5, 5.41) is 12.3. The summed E-state index contributed by atoms with van der Waals surface area (Å²) in [7, 11) is 0. The van der Waals surface area contributed by atoms with E-state index in [2.05, 4.69) is 27.6 Å². The van der Waals surface area contributed by atoms with Crippen LogP contribution in [0.3, 0.4) is 0 Å². The molecule has 0 radical (unpaired) electrons. The molecule has 1 aliphatic heterocycles. The van der Waals surface area contributed by atoms with Gasteiger partial charge in [-0.3, -0.25) is 4.79 Å². The Morgan fingerprint density at radius 3 is 2.75 bits per heavy atom. The molecule has 2 heterocycles. The smallest absolute Gasteiger partial charge is 0.235 e. The molecule has 24 heavy (non-hydrogen) atoms. The van der Waals surface area contributed by atoms with E-state index in [1.165, 1.54) is 35.1 Å². The molecule has 0 aliphatic carbocycles. The van der Waals surface area contributed by atoms with Crippen LogP contribution in [0.5, 0.6) is 0 Å².